The highest BCUT2D eigenvalue weighted by Crippen LogP contribution is 2.34. The molecule has 0 atom stereocenters. The number of rotatable bonds is 7. The Morgan fingerprint density at radius 1 is 0.919 bits per heavy atom. The van der Waals surface area contributed by atoms with Crippen LogP contribution in [-0.2, 0) is 4.74 Å². The Hall–Kier alpha value is -4.39. The largest absolute Gasteiger partial charge is 0.454 e. The fraction of sp³-hybridized carbons (Fsp3) is 0.233. The number of pyridine rings is 1. The van der Waals surface area contributed by atoms with Gasteiger partial charge in [0.1, 0.15) is 0 Å². The minimum Gasteiger partial charge on any atom is -0.454 e. The molecule has 3 aromatic carbocycles. The molecule has 7 heteroatoms. The number of nitro benzene ring substituents is 1. The molecule has 1 aromatic heterocycles. The summed E-state index contributed by atoms with van der Waals surface area (Å²) in [4.78, 5) is 40.8. The van der Waals surface area contributed by atoms with E-state index in [1.807, 2.05) is 30.3 Å². The van der Waals surface area contributed by atoms with Crippen LogP contribution in [0.3, 0.4) is 0 Å². The minimum absolute atomic E-state index is 0.111. The van der Waals surface area contributed by atoms with Crippen LogP contribution in [0.25, 0.3) is 22.2 Å². The zero-order valence-electron chi connectivity index (χ0n) is 20.3. The Kier molecular flexibility index (Phi) is 7.03. The summed E-state index contributed by atoms with van der Waals surface area (Å²) in [7, 11) is 0. The summed E-state index contributed by atoms with van der Waals surface area (Å²) in [6.45, 7) is -0.526. The monoisotopic (exact) mass is 494 g/mol. The van der Waals surface area contributed by atoms with Crippen molar-refractivity contribution in [3.63, 3.8) is 0 Å². The fourth-order valence-corrected chi connectivity index (χ4v) is 4.94. The van der Waals surface area contributed by atoms with E-state index >= 15 is 0 Å². The second-order valence-corrected chi connectivity index (χ2v) is 9.34. The van der Waals surface area contributed by atoms with Crippen LogP contribution < -0.4 is 0 Å². The van der Waals surface area contributed by atoms with E-state index in [1.165, 1.54) is 61.9 Å². The average Bonchev–Trinajstić information content (AvgIpc) is 2.95. The van der Waals surface area contributed by atoms with E-state index in [4.69, 9.17) is 9.72 Å². The molecule has 5 rings (SSSR count). The number of carbonyl (C=O) groups is 2. The number of fused-ring (bicyclic) bond motifs is 1. The Bertz CT molecular complexity index is 1470. The summed E-state index contributed by atoms with van der Waals surface area (Å²) < 4.78 is 5.36. The van der Waals surface area contributed by atoms with E-state index in [0.717, 1.165) is 5.56 Å². The first-order valence-corrected chi connectivity index (χ1v) is 12.4. The van der Waals surface area contributed by atoms with Crippen molar-refractivity contribution in [2.75, 3.05) is 6.61 Å². The SMILES string of the molecule is O=C(COC(=O)c1cc(-c2ccc(C3CCCCC3)cc2)nc2ccccc12)c1cccc([N+](=O)[O-])c1. The van der Waals surface area contributed by atoms with Crippen molar-refractivity contribution in [3.8, 4) is 11.3 Å². The molecule has 1 saturated carbocycles. The maximum atomic E-state index is 13.1. The highest BCUT2D eigenvalue weighted by molar-refractivity contribution is 6.06. The van der Waals surface area contributed by atoms with E-state index in [2.05, 4.69) is 12.1 Å². The van der Waals surface area contributed by atoms with Gasteiger partial charge in [0.2, 0.25) is 5.78 Å². The van der Waals surface area contributed by atoms with E-state index in [-0.39, 0.29) is 11.3 Å². The first kappa shape index (κ1) is 24.3. The second-order valence-electron chi connectivity index (χ2n) is 9.34. The number of nitro groups is 1. The molecule has 1 fully saturated rings. The number of hydrogen-bond acceptors (Lipinski definition) is 6. The maximum absolute atomic E-state index is 13.1. The number of benzene rings is 3. The van der Waals surface area contributed by atoms with Crippen molar-refractivity contribution < 1.29 is 19.2 Å². The number of para-hydroxylation sites is 1. The third-order valence-electron chi connectivity index (χ3n) is 6.93. The summed E-state index contributed by atoms with van der Waals surface area (Å²) in [5, 5.41) is 11.6. The molecule has 37 heavy (non-hydrogen) atoms. The molecule has 186 valence electrons. The molecule has 4 aromatic rings. The van der Waals surface area contributed by atoms with Crippen LogP contribution >= 0.6 is 0 Å². The van der Waals surface area contributed by atoms with Crippen LogP contribution in [0.4, 0.5) is 5.69 Å². The highest BCUT2D eigenvalue weighted by Gasteiger charge is 2.19. The number of esters is 1. The maximum Gasteiger partial charge on any atom is 0.339 e. The van der Waals surface area contributed by atoms with E-state index in [9.17, 15) is 19.7 Å². The first-order chi connectivity index (χ1) is 18.0. The van der Waals surface area contributed by atoms with Gasteiger partial charge in [0.15, 0.2) is 6.61 Å². The molecule has 0 N–H and O–H groups in total. The van der Waals surface area contributed by atoms with Crippen LogP contribution in [-0.4, -0.2) is 28.3 Å². The Morgan fingerprint density at radius 2 is 1.68 bits per heavy atom. The number of ketones is 1. The van der Waals surface area contributed by atoms with Crippen molar-refractivity contribution in [1.29, 1.82) is 0 Å². The van der Waals surface area contributed by atoms with Crippen molar-refractivity contribution in [1.82, 2.24) is 4.98 Å². The normalized spacial score (nSPS) is 13.8. The smallest absolute Gasteiger partial charge is 0.339 e. The molecule has 0 spiro atoms. The van der Waals surface area contributed by atoms with Gasteiger partial charge >= 0.3 is 5.97 Å². The topological polar surface area (TPSA) is 99.4 Å². The number of hydrogen-bond donors (Lipinski definition) is 0. The van der Waals surface area contributed by atoms with Crippen LogP contribution in [0, 0.1) is 10.1 Å². The van der Waals surface area contributed by atoms with Crippen LogP contribution in [0.1, 0.15) is 64.3 Å². The van der Waals surface area contributed by atoms with Gasteiger partial charge in [-0.25, -0.2) is 9.78 Å². The predicted molar refractivity (Wildman–Crippen MR) is 141 cm³/mol. The molecule has 1 aliphatic carbocycles. The zero-order chi connectivity index (χ0) is 25.8. The van der Waals surface area contributed by atoms with E-state index in [0.29, 0.717) is 28.1 Å². The van der Waals surface area contributed by atoms with Crippen molar-refractivity contribution >= 4 is 28.3 Å². The van der Waals surface area contributed by atoms with E-state index in [1.54, 1.807) is 12.1 Å². The lowest BCUT2D eigenvalue weighted by Crippen LogP contribution is -2.15. The summed E-state index contributed by atoms with van der Waals surface area (Å²) >= 11 is 0. The molecular weight excluding hydrogens is 468 g/mol. The molecule has 0 amide bonds. The van der Waals surface area contributed by atoms with Crippen molar-refractivity contribution in [3.05, 3.63) is 106 Å². The third kappa shape index (κ3) is 5.40. The summed E-state index contributed by atoms with van der Waals surface area (Å²) in [6.07, 6.45) is 6.30. The number of aromatic nitrogens is 1. The molecule has 0 unspecified atom stereocenters. The van der Waals surface area contributed by atoms with Gasteiger partial charge in [-0.2, -0.15) is 0 Å². The van der Waals surface area contributed by atoms with Gasteiger partial charge in [0, 0.05) is 28.6 Å². The van der Waals surface area contributed by atoms with Crippen molar-refractivity contribution in [2.24, 2.45) is 0 Å². The summed E-state index contributed by atoms with van der Waals surface area (Å²) in [5.74, 6) is -0.576. The van der Waals surface area contributed by atoms with Crippen molar-refractivity contribution in [2.45, 2.75) is 38.0 Å². The number of nitrogens with zero attached hydrogens (tertiary/aromatic N) is 2. The molecule has 0 aliphatic heterocycles. The first-order valence-electron chi connectivity index (χ1n) is 12.4. The predicted octanol–water partition coefficient (Wildman–Crippen LogP) is 6.90. The second kappa shape index (κ2) is 10.7. The van der Waals surface area contributed by atoms with Gasteiger partial charge in [0.25, 0.3) is 5.69 Å². The van der Waals surface area contributed by atoms with Gasteiger partial charge in [-0.05, 0) is 36.5 Å². The fourth-order valence-electron chi connectivity index (χ4n) is 4.94. The number of non-ortho nitro benzene ring substituents is 1. The summed E-state index contributed by atoms with van der Waals surface area (Å²) in [5.41, 5.74) is 3.75. The molecule has 1 heterocycles. The standard InChI is InChI=1S/C30H26N2O5/c33-29(23-9-6-10-24(17-23)32(35)36)19-37-30(34)26-18-28(31-27-12-5-4-11-25(26)27)22-15-13-21(14-16-22)20-7-2-1-3-8-20/h4-6,9-18,20H,1-3,7-8,19H2. The molecule has 0 radical (unpaired) electrons. The summed E-state index contributed by atoms with van der Waals surface area (Å²) in [6, 6.07) is 22.7. The average molecular weight is 495 g/mol. The van der Waals surface area contributed by atoms with Gasteiger partial charge in [-0.15, -0.1) is 0 Å². The lowest BCUT2D eigenvalue weighted by atomic mass is 9.84. The van der Waals surface area contributed by atoms with Gasteiger partial charge < -0.3 is 4.74 Å². The molecule has 0 saturated heterocycles. The van der Waals surface area contributed by atoms with Gasteiger partial charge in [-0.1, -0.05) is 73.9 Å². The number of ether oxygens (including phenoxy) is 1. The highest BCUT2D eigenvalue weighted by atomic mass is 16.6. The lowest BCUT2D eigenvalue weighted by molar-refractivity contribution is -0.384. The minimum atomic E-state index is -0.655. The number of Topliss-reactive ketones (excluding diaryl/α,β-unsaturated/α-hetero) is 1. The van der Waals surface area contributed by atoms with Crippen LogP contribution in [0.5, 0.6) is 0 Å². The van der Waals surface area contributed by atoms with Gasteiger partial charge in [0.05, 0.1) is 21.7 Å². The zero-order valence-corrected chi connectivity index (χ0v) is 20.3. The molecule has 1 aliphatic rings. The third-order valence-corrected chi connectivity index (χ3v) is 6.93. The number of carbonyl (C=O) groups excluding carboxylic acids is 2. The quantitative estimate of drug-likeness (QED) is 0.120. The van der Waals surface area contributed by atoms with E-state index < -0.39 is 23.3 Å². The van der Waals surface area contributed by atoms with Crippen LogP contribution in [0.2, 0.25) is 0 Å². The Labute approximate surface area is 214 Å². The molecular formula is C30H26N2O5. The van der Waals surface area contributed by atoms with Crippen LogP contribution in [0.15, 0.2) is 78.9 Å². The molecule has 0 bridgehead atoms. The lowest BCUT2D eigenvalue weighted by Gasteiger charge is -2.22. The molecule has 7 nitrogen and oxygen atoms in total. The Balaban J connectivity index is 1.38. The Morgan fingerprint density at radius 3 is 2.43 bits per heavy atom. The van der Waals surface area contributed by atoms with Gasteiger partial charge in [-0.3, -0.25) is 14.9 Å².